The second-order valence-corrected chi connectivity index (χ2v) is 4.06. The van der Waals surface area contributed by atoms with E-state index in [1.807, 2.05) is 14.1 Å². The van der Waals surface area contributed by atoms with Gasteiger partial charge >= 0.3 is 0 Å². The monoisotopic (exact) mass is 276 g/mol. The summed E-state index contributed by atoms with van der Waals surface area (Å²) in [5, 5.41) is 11.1. The molecule has 6 heteroatoms. The number of hydrogen-bond acceptors (Lipinski definition) is 4. The Kier molecular flexibility index (Phi) is 5.21. The van der Waals surface area contributed by atoms with Gasteiger partial charge in [0.05, 0.1) is 18.3 Å². The molecule has 0 radical (unpaired) electrons. The van der Waals surface area contributed by atoms with Crippen molar-refractivity contribution in [3.05, 3.63) is 10.3 Å². The number of rotatable bonds is 6. The van der Waals surface area contributed by atoms with E-state index in [1.165, 1.54) is 0 Å². The minimum atomic E-state index is 0.117. The molecule has 1 aromatic rings. The molecule has 0 aliphatic heterocycles. The summed E-state index contributed by atoms with van der Waals surface area (Å²) in [5.74, 6) is 0. The van der Waals surface area contributed by atoms with Crippen molar-refractivity contribution in [2.24, 2.45) is 7.05 Å². The van der Waals surface area contributed by atoms with Crippen molar-refractivity contribution in [1.29, 1.82) is 0 Å². The van der Waals surface area contributed by atoms with Crippen molar-refractivity contribution in [2.45, 2.75) is 19.4 Å². The van der Waals surface area contributed by atoms with Gasteiger partial charge in [0.25, 0.3) is 0 Å². The van der Waals surface area contributed by atoms with Gasteiger partial charge in [-0.15, -0.1) is 5.10 Å². The van der Waals surface area contributed by atoms with Gasteiger partial charge in [0, 0.05) is 13.7 Å². The average Bonchev–Trinajstić information content (AvgIpc) is 2.55. The molecule has 0 aromatic carbocycles. The van der Waals surface area contributed by atoms with E-state index in [0.717, 1.165) is 23.3 Å². The topological polar surface area (TPSA) is 52.0 Å². The lowest BCUT2D eigenvalue weighted by molar-refractivity contribution is 0.112. The third-order valence-corrected chi connectivity index (χ3v) is 2.70. The van der Waals surface area contributed by atoms with Gasteiger partial charge < -0.3 is 10.1 Å². The molecule has 0 fully saturated rings. The molecule has 0 amide bonds. The molecule has 0 saturated carbocycles. The molecule has 0 aliphatic rings. The first kappa shape index (κ1) is 12.6. The third kappa shape index (κ3) is 3.25. The van der Waals surface area contributed by atoms with Gasteiger partial charge in [0.15, 0.2) is 4.60 Å². The Hall–Kier alpha value is -0.460. The van der Waals surface area contributed by atoms with E-state index >= 15 is 0 Å². The van der Waals surface area contributed by atoms with Crippen LogP contribution in [0.1, 0.15) is 25.1 Å². The van der Waals surface area contributed by atoms with Gasteiger partial charge in [-0.05, 0) is 29.4 Å². The normalized spacial score (nSPS) is 13.1. The van der Waals surface area contributed by atoms with Gasteiger partial charge in [0.1, 0.15) is 0 Å². The Morgan fingerprint density at radius 3 is 2.80 bits per heavy atom. The predicted molar refractivity (Wildman–Crippen MR) is 61.6 cm³/mol. The largest absolute Gasteiger partial charge is 0.379 e. The van der Waals surface area contributed by atoms with Crippen LogP contribution in [0.5, 0.6) is 0 Å². The summed E-state index contributed by atoms with van der Waals surface area (Å²) < 4.78 is 8.04. The highest BCUT2D eigenvalue weighted by Crippen LogP contribution is 2.20. The molecule has 1 unspecified atom stereocenters. The number of aryl methyl sites for hydroxylation is 1. The highest BCUT2D eigenvalue weighted by atomic mass is 79.9. The third-order valence-electron chi connectivity index (χ3n) is 2.14. The lowest BCUT2D eigenvalue weighted by atomic mass is 10.2. The molecule has 0 saturated heterocycles. The van der Waals surface area contributed by atoms with Crippen LogP contribution in [0, 0.1) is 0 Å². The molecule has 0 bridgehead atoms. The van der Waals surface area contributed by atoms with Crippen molar-refractivity contribution in [2.75, 3.05) is 20.3 Å². The minimum absolute atomic E-state index is 0.117. The second-order valence-electron chi connectivity index (χ2n) is 3.31. The quantitative estimate of drug-likeness (QED) is 0.795. The molecule has 1 atom stereocenters. The van der Waals surface area contributed by atoms with Crippen molar-refractivity contribution in [3.8, 4) is 0 Å². The molecule has 1 aromatic heterocycles. The fourth-order valence-corrected chi connectivity index (χ4v) is 1.96. The maximum absolute atomic E-state index is 5.52. The summed E-state index contributed by atoms with van der Waals surface area (Å²) in [6.07, 6.45) is 1.03. The summed E-state index contributed by atoms with van der Waals surface area (Å²) in [7, 11) is 3.77. The van der Waals surface area contributed by atoms with Crippen LogP contribution in [-0.4, -0.2) is 35.3 Å². The minimum Gasteiger partial charge on any atom is -0.379 e. The molecular formula is C9H17BrN4O. The van der Waals surface area contributed by atoms with E-state index < -0.39 is 0 Å². The number of likely N-dealkylation sites (N-methyl/N-ethyl adjacent to an activating group) is 1. The standard InChI is InChI=1S/C9H17BrN4O/c1-4-5-15-6-7(11-2)8-9(10)12-13-14(8)3/h7,11H,4-6H2,1-3H3. The first-order chi connectivity index (χ1) is 7.20. The number of ether oxygens (including phenoxy) is 1. The van der Waals surface area contributed by atoms with E-state index in [9.17, 15) is 0 Å². The van der Waals surface area contributed by atoms with E-state index in [0.29, 0.717) is 6.61 Å². The van der Waals surface area contributed by atoms with Crippen molar-refractivity contribution < 1.29 is 4.74 Å². The number of aromatic nitrogens is 3. The van der Waals surface area contributed by atoms with Gasteiger partial charge in [-0.2, -0.15) is 0 Å². The molecule has 0 aliphatic carbocycles. The first-order valence-corrected chi connectivity index (χ1v) is 5.80. The maximum Gasteiger partial charge on any atom is 0.153 e. The Bertz CT molecular complexity index is 283. The van der Waals surface area contributed by atoms with E-state index in [-0.39, 0.29) is 6.04 Å². The smallest absolute Gasteiger partial charge is 0.153 e. The molecule has 1 rings (SSSR count). The molecule has 5 nitrogen and oxygen atoms in total. The van der Waals surface area contributed by atoms with Gasteiger partial charge in [0.2, 0.25) is 0 Å². The fourth-order valence-electron chi connectivity index (χ4n) is 1.35. The van der Waals surface area contributed by atoms with E-state index in [2.05, 4.69) is 38.5 Å². The summed E-state index contributed by atoms with van der Waals surface area (Å²) in [6.45, 7) is 3.50. The maximum atomic E-state index is 5.52. The number of nitrogens with zero attached hydrogens (tertiary/aromatic N) is 3. The molecule has 0 spiro atoms. The van der Waals surface area contributed by atoms with Crippen LogP contribution in [0.2, 0.25) is 0 Å². The second kappa shape index (κ2) is 6.19. The highest BCUT2D eigenvalue weighted by molar-refractivity contribution is 9.10. The van der Waals surface area contributed by atoms with E-state index in [4.69, 9.17) is 4.74 Å². The van der Waals surface area contributed by atoms with Gasteiger partial charge in [-0.25, -0.2) is 4.68 Å². The lowest BCUT2D eigenvalue weighted by Crippen LogP contribution is -2.24. The van der Waals surface area contributed by atoms with Crippen LogP contribution in [0.4, 0.5) is 0 Å². The summed E-state index contributed by atoms with van der Waals surface area (Å²) in [4.78, 5) is 0. The summed E-state index contributed by atoms with van der Waals surface area (Å²) in [5.41, 5.74) is 1.01. The zero-order valence-corrected chi connectivity index (χ0v) is 10.9. The van der Waals surface area contributed by atoms with Crippen LogP contribution >= 0.6 is 15.9 Å². The predicted octanol–water partition coefficient (Wildman–Crippen LogP) is 1.26. The van der Waals surface area contributed by atoms with Crippen LogP contribution in [-0.2, 0) is 11.8 Å². The van der Waals surface area contributed by atoms with Crippen molar-refractivity contribution in [1.82, 2.24) is 20.3 Å². The number of halogens is 1. The van der Waals surface area contributed by atoms with Crippen LogP contribution in [0.3, 0.4) is 0 Å². The average molecular weight is 277 g/mol. The summed E-state index contributed by atoms with van der Waals surface area (Å²) in [6, 6.07) is 0.117. The summed E-state index contributed by atoms with van der Waals surface area (Å²) >= 11 is 3.38. The zero-order chi connectivity index (χ0) is 11.3. The first-order valence-electron chi connectivity index (χ1n) is 5.00. The van der Waals surface area contributed by atoms with Crippen molar-refractivity contribution >= 4 is 15.9 Å². The lowest BCUT2D eigenvalue weighted by Gasteiger charge is -2.16. The SMILES string of the molecule is CCCOCC(NC)c1c(Br)nnn1C. The zero-order valence-electron chi connectivity index (χ0n) is 9.33. The van der Waals surface area contributed by atoms with E-state index in [1.54, 1.807) is 4.68 Å². The fraction of sp³-hybridized carbons (Fsp3) is 0.778. The Morgan fingerprint density at radius 1 is 1.60 bits per heavy atom. The van der Waals surface area contributed by atoms with Gasteiger partial charge in [-0.1, -0.05) is 12.1 Å². The van der Waals surface area contributed by atoms with Crippen LogP contribution < -0.4 is 5.32 Å². The van der Waals surface area contributed by atoms with Crippen molar-refractivity contribution in [3.63, 3.8) is 0 Å². The molecule has 1 N–H and O–H groups in total. The molecule has 15 heavy (non-hydrogen) atoms. The molecule has 1 heterocycles. The Balaban J connectivity index is 2.65. The van der Waals surface area contributed by atoms with Gasteiger partial charge in [-0.3, -0.25) is 0 Å². The van der Waals surface area contributed by atoms with Crippen LogP contribution in [0.25, 0.3) is 0 Å². The van der Waals surface area contributed by atoms with Crippen LogP contribution in [0.15, 0.2) is 4.60 Å². The Morgan fingerprint density at radius 2 is 2.33 bits per heavy atom. The molecule has 86 valence electrons. The highest BCUT2D eigenvalue weighted by Gasteiger charge is 2.18. The Labute approximate surface area is 98.3 Å². The number of hydrogen-bond donors (Lipinski definition) is 1. The number of nitrogens with one attached hydrogen (secondary N) is 1. The molecular weight excluding hydrogens is 260 g/mol.